The predicted molar refractivity (Wildman–Crippen MR) is 132 cm³/mol. The number of phenolic OH excluding ortho intramolecular Hbond substituents is 1. The fourth-order valence-corrected chi connectivity index (χ4v) is 7.55. The smallest absolute Gasteiger partial charge is 0.123 e. The lowest BCUT2D eigenvalue weighted by molar-refractivity contribution is -0.0748. The topological polar surface area (TPSA) is 20.2 Å². The number of hydrogen-bond acceptors (Lipinski definition) is 1. The van der Waals surface area contributed by atoms with Crippen molar-refractivity contribution >= 4 is 10.8 Å². The molecule has 0 aliphatic heterocycles. The van der Waals surface area contributed by atoms with E-state index >= 15 is 0 Å². The van der Waals surface area contributed by atoms with Gasteiger partial charge >= 0.3 is 0 Å². The van der Waals surface area contributed by atoms with Gasteiger partial charge in [0.2, 0.25) is 0 Å². The van der Waals surface area contributed by atoms with Gasteiger partial charge in [-0.15, -0.1) is 0 Å². The number of rotatable bonds is 0. The molecule has 0 heterocycles. The Kier molecular flexibility index (Phi) is 4.24. The van der Waals surface area contributed by atoms with Crippen LogP contribution in [0.5, 0.6) is 5.75 Å². The van der Waals surface area contributed by atoms with Crippen molar-refractivity contribution in [2.24, 2.45) is 16.2 Å². The Morgan fingerprint density at radius 1 is 0.677 bits per heavy atom. The van der Waals surface area contributed by atoms with Crippen molar-refractivity contribution in [3.05, 3.63) is 65.7 Å². The van der Waals surface area contributed by atoms with E-state index in [1.165, 1.54) is 40.5 Å². The Hall–Kier alpha value is -2.28. The summed E-state index contributed by atoms with van der Waals surface area (Å²) < 4.78 is 0. The molecule has 0 saturated heterocycles. The van der Waals surface area contributed by atoms with Gasteiger partial charge in [-0.1, -0.05) is 90.1 Å². The summed E-state index contributed by atoms with van der Waals surface area (Å²) in [6.07, 6.45) is 4.70. The van der Waals surface area contributed by atoms with Crippen LogP contribution in [0.4, 0.5) is 0 Å². The number of benzene rings is 3. The Bertz CT molecular complexity index is 1150. The minimum atomic E-state index is 0.00738. The van der Waals surface area contributed by atoms with Crippen molar-refractivity contribution in [1.82, 2.24) is 0 Å². The van der Waals surface area contributed by atoms with Gasteiger partial charge in [0.15, 0.2) is 0 Å². The van der Waals surface area contributed by atoms with Crippen molar-refractivity contribution in [2.75, 3.05) is 0 Å². The number of hydrogen-bond donors (Lipinski definition) is 1. The molecule has 1 heteroatoms. The Balaban J connectivity index is 1.73. The molecule has 1 N–H and O–H groups in total. The van der Waals surface area contributed by atoms with Crippen LogP contribution in [-0.4, -0.2) is 5.11 Å². The Morgan fingerprint density at radius 2 is 1.23 bits per heavy atom. The summed E-state index contributed by atoms with van der Waals surface area (Å²) in [5.74, 6) is 0.421. The van der Waals surface area contributed by atoms with Gasteiger partial charge in [0.05, 0.1) is 0 Å². The molecule has 0 bridgehead atoms. The van der Waals surface area contributed by atoms with Crippen LogP contribution in [0.3, 0.4) is 0 Å². The van der Waals surface area contributed by atoms with Crippen LogP contribution in [-0.2, 0) is 5.41 Å². The molecule has 3 aromatic rings. The lowest BCUT2D eigenvalue weighted by Crippen LogP contribution is -2.51. The maximum Gasteiger partial charge on any atom is 0.123 e. The third-order valence-electron chi connectivity index (χ3n) is 9.08. The summed E-state index contributed by atoms with van der Waals surface area (Å²) in [5.41, 5.74) is 6.34. The largest absolute Gasteiger partial charge is 0.507 e. The highest BCUT2D eigenvalue weighted by Crippen LogP contribution is 2.67. The molecule has 0 aromatic heterocycles. The molecule has 1 nitrogen and oxygen atoms in total. The van der Waals surface area contributed by atoms with Crippen molar-refractivity contribution in [1.29, 1.82) is 0 Å². The van der Waals surface area contributed by atoms with E-state index in [1.54, 1.807) is 0 Å². The van der Waals surface area contributed by atoms with Crippen LogP contribution < -0.4 is 0 Å². The number of phenols is 1. The molecule has 5 rings (SSSR count). The standard InChI is InChI=1S/C30H36O/c1-27(2,3)30(28(4,5)6)17-15-29(16-18-30)23-14-10-9-13-22(23)26-21-12-8-7-11-20(21)25(31)19-24(26)29/h7-14,19,31H,15-18H2,1-6H3. The SMILES string of the molecule is CC(C)(C)C1(C(C)(C)C)CCC2(CC1)c1ccccc1-c1c2cc(O)c2ccccc12. The van der Waals surface area contributed by atoms with E-state index in [9.17, 15) is 5.11 Å². The van der Waals surface area contributed by atoms with E-state index in [4.69, 9.17) is 0 Å². The van der Waals surface area contributed by atoms with Crippen molar-refractivity contribution in [3.63, 3.8) is 0 Å². The molecule has 3 aromatic carbocycles. The second-order valence-electron chi connectivity index (χ2n) is 12.1. The highest BCUT2D eigenvalue weighted by molar-refractivity contribution is 6.05. The first-order chi connectivity index (χ1) is 14.5. The Morgan fingerprint density at radius 3 is 1.84 bits per heavy atom. The van der Waals surface area contributed by atoms with Gasteiger partial charge in [-0.05, 0) is 75.6 Å². The highest BCUT2D eigenvalue weighted by atomic mass is 16.3. The summed E-state index contributed by atoms with van der Waals surface area (Å²) in [6.45, 7) is 14.6. The molecule has 162 valence electrons. The van der Waals surface area contributed by atoms with Gasteiger partial charge in [0.1, 0.15) is 5.75 Å². The summed E-state index contributed by atoms with van der Waals surface area (Å²) in [5, 5.41) is 13.1. The minimum Gasteiger partial charge on any atom is -0.507 e. The second-order valence-corrected chi connectivity index (χ2v) is 12.1. The van der Waals surface area contributed by atoms with E-state index < -0.39 is 0 Å². The van der Waals surface area contributed by atoms with Crippen molar-refractivity contribution < 1.29 is 5.11 Å². The summed E-state index contributed by atoms with van der Waals surface area (Å²) in [6, 6.07) is 19.5. The minimum absolute atomic E-state index is 0.00738. The zero-order valence-corrected chi connectivity index (χ0v) is 20.0. The first-order valence-corrected chi connectivity index (χ1v) is 11.9. The molecule has 1 saturated carbocycles. The molecule has 2 aliphatic carbocycles. The van der Waals surface area contributed by atoms with Gasteiger partial charge in [0.25, 0.3) is 0 Å². The lowest BCUT2D eigenvalue weighted by Gasteiger charge is -2.59. The molecule has 0 atom stereocenters. The zero-order chi connectivity index (χ0) is 22.2. The third kappa shape index (κ3) is 2.62. The van der Waals surface area contributed by atoms with E-state index in [1.807, 2.05) is 12.1 Å². The van der Waals surface area contributed by atoms with Gasteiger partial charge < -0.3 is 5.11 Å². The molecular formula is C30H36O. The van der Waals surface area contributed by atoms with Crippen LogP contribution in [0.2, 0.25) is 0 Å². The maximum absolute atomic E-state index is 11.0. The van der Waals surface area contributed by atoms with Crippen molar-refractivity contribution in [3.8, 4) is 16.9 Å². The molecule has 2 aliphatic rings. The molecule has 0 radical (unpaired) electrons. The summed E-state index contributed by atoms with van der Waals surface area (Å²) in [4.78, 5) is 0. The average Bonchev–Trinajstić information content (AvgIpc) is 2.97. The average molecular weight is 413 g/mol. The fraction of sp³-hybridized carbons (Fsp3) is 0.467. The first kappa shape index (κ1) is 20.6. The first-order valence-electron chi connectivity index (χ1n) is 11.9. The number of aromatic hydroxyl groups is 1. The third-order valence-corrected chi connectivity index (χ3v) is 9.08. The van der Waals surface area contributed by atoms with Crippen LogP contribution in [0.1, 0.15) is 78.4 Å². The molecule has 1 spiro atoms. The molecule has 31 heavy (non-hydrogen) atoms. The fourth-order valence-electron chi connectivity index (χ4n) is 7.55. The zero-order valence-electron chi connectivity index (χ0n) is 20.0. The van der Waals surface area contributed by atoms with Gasteiger partial charge in [-0.3, -0.25) is 0 Å². The van der Waals surface area contributed by atoms with Gasteiger partial charge in [-0.2, -0.15) is 0 Å². The number of fused-ring (bicyclic) bond motifs is 7. The molecule has 1 fully saturated rings. The van der Waals surface area contributed by atoms with E-state index in [-0.39, 0.29) is 16.2 Å². The quantitative estimate of drug-likeness (QED) is 0.392. The van der Waals surface area contributed by atoms with Crippen molar-refractivity contribution in [2.45, 2.75) is 72.6 Å². The molecular weight excluding hydrogens is 376 g/mol. The van der Waals surface area contributed by atoms with E-state index in [0.29, 0.717) is 11.2 Å². The van der Waals surface area contributed by atoms with Crippen LogP contribution in [0.15, 0.2) is 54.6 Å². The van der Waals surface area contributed by atoms with Gasteiger partial charge in [-0.25, -0.2) is 0 Å². The highest BCUT2D eigenvalue weighted by Gasteiger charge is 2.56. The predicted octanol–water partition coefficient (Wildman–Crippen LogP) is 8.46. The summed E-state index contributed by atoms with van der Waals surface area (Å²) in [7, 11) is 0. The van der Waals surface area contributed by atoms with E-state index in [0.717, 1.165) is 18.2 Å². The van der Waals surface area contributed by atoms with Crippen LogP contribution >= 0.6 is 0 Å². The van der Waals surface area contributed by atoms with Gasteiger partial charge in [0, 0.05) is 10.8 Å². The molecule has 0 amide bonds. The lowest BCUT2D eigenvalue weighted by atomic mass is 9.45. The summed E-state index contributed by atoms with van der Waals surface area (Å²) >= 11 is 0. The monoisotopic (exact) mass is 412 g/mol. The Labute approximate surface area is 187 Å². The van der Waals surface area contributed by atoms with E-state index in [2.05, 4.69) is 84.0 Å². The maximum atomic E-state index is 11.0. The normalized spacial score (nSPS) is 19.4. The second kappa shape index (κ2) is 6.37. The van der Waals surface area contributed by atoms with Crippen LogP contribution in [0, 0.1) is 16.2 Å². The molecule has 0 unspecified atom stereocenters. The van der Waals surface area contributed by atoms with Crippen LogP contribution in [0.25, 0.3) is 21.9 Å².